The zero-order valence-electron chi connectivity index (χ0n) is 15.0. The summed E-state index contributed by atoms with van der Waals surface area (Å²) in [6.45, 7) is 3.64. The summed E-state index contributed by atoms with van der Waals surface area (Å²) in [6, 6.07) is 1.44. The highest BCUT2D eigenvalue weighted by Gasteiger charge is 2.34. The molecule has 1 fully saturated rings. The van der Waals surface area contributed by atoms with Crippen molar-refractivity contribution in [2.45, 2.75) is 45.3 Å². The number of carboxylic acids is 1. The number of alkyl halides is 3. The molecular weight excluding hydrogens is 365 g/mol. The highest BCUT2D eigenvalue weighted by molar-refractivity contribution is 6.00. The summed E-state index contributed by atoms with van der Waals surface area (Å²) in [5.41, 5.74) is -1.43. The molecule has 1 aromatic rings. The van der Waals surface area contributed by atoms with Gasteiger partial charge in [0.2, 0.25) is 5.91 Å². The lowest BCUT2D eigenvalue weighted by molar-refractivity contribution is -0.140. The molecule has 1 heterocycles. The first-order chi connectivity index (χ1) is 12.5. The van der Waals surface area contributed by atoms with Crippen LogP contribution in [0.4, 0.5) is 18.9 Å². The van der Waals surface area contributed by atoms with Gasteiger partial charge < -0.3 is 15.3 Å². The maximum Gasteiger partial charge on any atom is 0.416 e. The van der Waals surface area contributed by atoms with Crippen molar-refractivity contribution in [2.24, 2.45) is 5.92 Å². The number of rotatable bonds is 6. The molecule has 2 rings (SSSR count). The molecule has 1 aromatic carbocycles. The van der Waals surface area contributed by atoms with Crippen LogP contribution in [0.25, 0.3) is 0 Å². The van der Waals surface area contributed by atoms with E-state index in [-0.39, 0.29) is 30.1 Å². The number of hydrogen-bond acceptors (Lipinski definition) is 3. The number of carboxylic acid groups (broad SMARTS) is 1. The fourth-order valence-corrected chi connectivity index (χ4v) is 2.89. The van der Waals surface area contributed by atoms with Gasteiger partial charge in [0, 0.05) is 24.2 Å². The lowest BCUT2D eigenvalue weighted by Crippen LogP contribution is -2.45. The van der Waals surface area contributed by atoms with E-state index in [4.69, 9.17) is 0 Å². The van der Waals surface area contributed by atoms with E-state index in [9.17, 15) is 32.7 Å². The van der Waals surface area contributed by atoms with E-state index in [1.54, 1.807) is 13.8 Å². The smallest absolute Gasteiger partial charge is 0.416 e. The quantitative estimate of drug-likeness (QED) is 0.787. The van der Waals surface area contributed by atoms with Crippen molar-refractivity contribution in [3.63, 3.8) is 0 Å². The average molecular weight is 386 g/mol. The molecule has 0 saturated carbocycles. The number of hydrogen-bond donors (Lipinski definition) is 2. The molecule has 0 aromatic heterocycles. The van der Waals surface area contributed by atoms with Crippen molar-refractivity contribution >= 4 is 23.5 Å². The summed E-state index contributed by atoms with van der Waals surface area (Å²) in [6.07, 6.45) is -3.50. The van der Waals surface area contributed by atoms with Crippen LogP contribution >= 0.6 is 0 Å². The normalized spacial score (nSPS) is 16.9. The molecule has 0 radical (unpaired) electrons. The first-order valence-electron chi connectivity index (χ1n) is 8.61. The lowest BCUT2D eigenvalue weighted by Gasteiger charge is -2.22. The molecule has 1 aliphatic heterocycles. The predicted molar refractivity (Wildman–Crippen MR) is 91.4 cm³/mol. The highest BCUT2D eigenvalue weighted by Crippen LogP contribution is 2.34. The zero-order valence-corrected chi connectivity index (χ0v) is 15.0. The molecule has 2 unspecified atom stereocenters. The molecule has 27 heavy (non-hydrogen) atoms. The molecular formula is C18H21F3N2O4. The van der Waals surface area contributed by atoms with Crippen molar-refractivity contribution in [1.82, 2.24) is 5.32 Å². The molecule has 148 valence electrons. The topological polar surface area (TPSA) is 86.7 Å². The van der Waals surface area contributed by atoms with E-state index < -0.39 is 35.6 Å². The number of benzene rings is 1. The third kappa shape index (κ3) is 4.78. The summed E-state index contributed by atoms with van der Waals surface area (Å²) in [4.78, 5) is 36.9. The standard InChI is InChI=1S/C18H21F3N2O4/c1-3-10(2)15(17(26)27)22-16(25)11-7-12(18(19,20)21)9-13(8-11)23-6-4-5-14(23)24/h7-10,15H,3-6H2,1-2H3,(H,22,25)(H,26,27). The number of halogens is 3. The van der Waals surface area contributed by atoms with Gasteiger partial charge in [-0.2, -0.15) is 13.2 Å². The lowest BCUT2D eigenvalue weighted by atomic mass is 9.98. The van der Waals surface area contributed by atoms with Crippen molar-refractivity contribution in [3.8, 4) is 0 Å². The third-order valence-electron chi connectivity index (χ3n) is 4.66. The van der Waals surface area contributed by atoms with Gasteiger partial charge in [-0.1, -0.05) is 20.3 Å². The first kappa shape index (κ1) is 20.7. The summed E-state index contributed by atoms with van der Waals surface area (Å²) in [5, 5.41) is 11.6. The van der Waals surface area contributed by atoms with E-state index in [1.807, 2.05) is 0 Å². The minimum atomic E-state index is -4.71. The second-order valence-corrected chi connectivity index (χ2v) is 6.59. The van der Waals surface area contributed by atoms with Crippen LogP contribution in [-0.4, -0.2) is 35.5 Å². The predicted octanol–water partition coefficient (Wildman–Crippen LogP) is 3.06. The largest absolute Gasteiger partial charge is 0.480 e. The molecule has 1 aliphatic rings. The minimum Gasteiger partial charge on any atom is -0.480 e. The maximum absolute atomic E-state index is 13.2. The molecule has 6 nitrogen and oxygen atoms in total. The molecule has 1 saturated heterocycles. The number of nitrogens with one attached hydrogen (secondary N) is 1. The summed E-state index contributed by atoms with van der Waals surface area (Å²) in [7, 11) is 0. The number of amides is 2. The molecule has 2 atom stereocenters. The summed E-state index contributed by atoms with van der Waals surface area (Å²) < 4.78 is 39.7. The molecule has 0 bridgehead atoms. The molecule has 0 spiro atoms. The van der Waals surface area contributed by atoms with Gasteiger partial charge in [0.1, 0.15) is 6.04 Å². The van der Waals surface area contributed by atoms with Crippen LogP contribution in [0.1, 0.15) is 49.0 Å². The van der Waals surface area contributed by atoms with Gasteiger partial charge in [-0.3, -0.25) is 9.59 Å². The Kier molecular flexibility index (Phi) is 6.12. The van der Waals surface area contributed by atoms with Crippen LogP contribution in [0.5, 0.6) is 0 Å². The Morgan fingerprint density at radius 3 is 2.44 bits per heavy atom. The van der Waals surface area contributed by atoms with Crippen LogP contribution in [0.2, 0.25) is 0 Å². The molecule has 2 N–H and O–H groups in total. The summed E-state index contributed by atoms with van der Waals surface area (Å²) >= 11 is 0. The number of aliphatic carboxylic acids is 1. The molecule has 0 aliphatic carbocycles. The van der Waals surface area contributed by atoms with Gasteiger partial charge in [-0.05, 0) is 30.5 Å². The van der Waals surface area contributed by atoms with E-state index in [2.05, 4.69) is 5.32 Å². The van der Waals surface area contributed by atoms with Crippen LogP contribution < -0.4 is 10.2 Å². The molecule has 2 amide bonds. The monoisotopic (exact) mass is 386 g/mol. The van der Waals surface area contributed by atoms with Crippen molar-refractivity contribution in [3.05, 3.63) is 29.3 Å². The van der Waals surface area contributed by atoms with Gasteiger partial charge in [0.05, 0.1) is 5.56 Å². The summed E-state index contributed by atoms with van der Waals surface area (Å²) in [5.74, 6) is -2.91. The number of carbonyl (C=O) groups is 3. The fraction of sp³-hybridized carbons (Fsp3) is 0.500. The van der Waals surface area contributed by atoms with Crippen molar-refractivity contribution in [1.29, 1.82) is 0 Å². The Hall–Kier alpha value is -2.58. The Morgan fingerprint density at radius 1 is 1.30 bits per heavy atom. The van der Waals surface area contributed by atoms with E-state index in [0.29, 0.717) is 18.9 Å². The van der Waals surface area contributed by atoms with Crippen molar-refractivity contribution in [2.75, 3.05) is 11.4 Å². The van der Waals surface area contributed by atoms with Gasteiger partial charge in [-0.15, -0.1) is 0 Å². The highest BCUT2D eigenvalue weighted by atomic mass is 19.4. The maximum atomic E-state index is 13.2. The minimum absolute atomic E-state index is 0.0205. The Labute approximate surface area is 154 Å². The second-order valence-electron chi connectivity index (χ2n) is 6.59. The van der Waals surface area contributed by atoms with Crippen molar-refractivity contribution < 1.29 is 32.7 Å². The zero-order chi connectivity index (χ0) is 20.4. The van der Waals surface area contributed by atoms with Crippen LogP contribution in [0.3, 0.4) is 0 Å². The second kappa shape index (κ2) is 7.98. The van der Waals surface area contributed by atoms with Gasteiger partial charge in [-0.25, -0.2) is 4.79 Å². The van der Waals surface area contributed by atoms with Gasteiger partial charge in [0.15, 0.2) is 0 Å². The number of nitrogens with zero attached hydrogens (tertiary/aromatic N) is 1. The third-order valence-corrected chi connectivity index (χ3v) is 4.66. The Morgan fingerprint density at radius 2 is 1.96 bits per heavy atom. The first-order valence-corrected chi connectivity index (χ1v) is 8.61. The Bertz CT molecular complexity index is 749. The van der Waals surface area contributed by atoms with Gasteiger partial charge >= 0.3 is 12.1 Å². The van der Waals surface area contributed by atoms with E-state index >= 15 is 0 Å². The van der Waals surface area contributed by atoms with Crippen LogP contribution in [-0.2, 0) is 15.8 Å². The number of carbonyl (C=O) groups excluding carboxylic acids is 2. The van der Waals surface area contributed by atoms with Crippen LogP contribution in [0.15, 0.2) is 18.2 Å². The van der Waals surface area contributed by atoms with E-state index in [0.717, 1.165) is 6.07 Å². The SMILES string of the molecule is CCC(C)C(NC(=O)c1cc(N2CCCC2=O)cc(C(F)(F)F)c1)C(=O)O. The molecule has 9 heteroatoms. The van der Waals surface area contributed by atoms with Gasteiger partial charge in [0.25, 0.3) is 5.91 Å². The fourth-order valence-electron chi connectivity index (χ4n) is 2.89. The number of anilines is 1. The average Bonchev–Trinajstić information content (AvgIpc) is 3.03. The van der Waals surface area contributed by atoms with E-state index in [1.165, 1.54) is 11.0 Å². The Balaban J connectivity index is 2.41. The van der Waals surface area contributed by atoms with Crippen LogP contribution in [0, 0.1) is 5.92 Å².